The van der Waals surface area contributed by atoms with E-state index in [0.717, 1.165) is 0 Å². The quantitative estimate of drug-likeness (QED) is 0.519. The highest BCUT2D eigenvalue weighted by Gasteiger charge is 1.95. The summed E-state index contributed by atoms with van der Waals surface area (Å²) in [6.45, 7) is 0. The monoisotopic (exact) mass is 190 g/mol. The Labute approximate surface area is 82.1 Å². The topological polar surface area (TPSA) is 65.2 Å². The van der Waals surface area contributed by atoms with Gasteiger partial charge in [0.25, 0.3) is 0 Å². The number of aromatic nitrogens is 1. The molecule has 4 heteroatoms. The Hall–Kier alpha value is -2.02. The molecule has 0 aromatic carbocycles. The van der Waals surface area contributed by atoms with Crippen molar-refractivity contribution in [2.45, 2.75) is 6.42 Å². The average molecular weight is 190 g/mol. The largest absolute Gasteiger partial charge is 0.468 e. The standard InChI is InChI=1S/C10H10N2O2/c1-14-9(13)6-2-4-8-5-3-7-12-10(8)11/h3,5,7H,6H2,1H3,(H2,11,12). The van der Waals surface area contributed by atoms with E-state index in [2.05, 4.69) is 21.6 Å². The number of esters is 1. The van der Waals surface area contributed by atoms with E-state index in [1.165, 1.54) is 7.11 Å². The van der Waals surface area contributed by atoms with Gasteiger partial charge >= 0.3 is 5.97 Å². The summed E-state index contributed by atoms with van der Waals surface area (Å²) in [5.74, 6) is 5.39. The molecule has 1 rings (SSSR count). The second kappa shape index (κ2) is 4.87. The van der Waals surface area contributed by atoms with Gasteiger partial charge < -0.3 is 10.5 Å². The molecule has 72 valence electrons. The van der Waals surface area contributed by atoms with E-state index in [9.17, 15) is 4.79 Å². The van der Waals surface area contributed by atoms with Crippen LogP contribution in [0.1, 0.15) is 12.0 Å². The molecule has 0 spiro atoms. The number of rotatable bonds is 1. The highest BCUT2D eigenvalue weighted by molar-refractivity contribution is 5.72. The number of nitrogens with zero attached hydrogens (tertiary/aromatic N) is 1. The predicted octanol–water partition coefficient (Wildman–Crippen LogP) is 0.578. The number of pyridine rings is 1. The number of nitrogens with two attached hydrogens (primary N) is 1. The van der Waals surface area contributed by atoms with Crippen molar-refractivity contribution in [3.05, 3.63) is 23.9 Å². The van der Waals surface area contributed by atoms with Crippen LogP contribution in [0.25, 0.3) is 0 Å². The van der Waals surface area contributed by atoms with E-state index in [0.29, 0.717) is 11.4 Å². The minimum atomic E-state index is -0.361. The van der Waals surface area contributed by atoms with Crippen LogP contribution in [0.3, 0.4) is 0 Å². The third kappa shape index (κ3) is 2.79. The number of methoxy groups -OCH3 is 1. The van der Waals surface area contributed by atoms with Gasteiger partial charge in [-0.15, -0.1) is 0 Å². The van der Waals surface area contributed by atoms with E-state index in [-0.39, 0.29) is 12.4 Å². The van der Waals surface area contributed by atoms with Crippen LogP contribution < -0.4 is 5.73 Å². The fraction of sp³-hybridized carbons (Fsp3) is 0.200. The molecule has 0 aliphatic carbocycles. The zero-order valence-electron chi connectivity index (χ0n) is 7.78. The number of carbonyl (C=O) groups is 1. The lowest BCUT2D eigenvalue weighted by Gasteiger charge is -1.94. The summed E-state index contributed by atoms with van der Waals surface area (Å²) in [4.78, 5) is 14.6. The third-order valence-electron chi connectivity index (χ3n) is 1.52. The van der Waals surface area contributed by atoms with Crippen LogP contribution in [-0.2, 0) is 9.53 Å². The van der Waals surface area contributed by atoms with Crippen molar-refractivity contribution in [3.63, 3.8) is 0 Å². The first-order chi connectivity index (χ1) is 6.74. The van der Waals surface area contributed by atoms with Crippen LogP contribution in [0.5, 0.6) is 0 Å². The molecule has 0 saturated heterocycles. The summed E-state index contributed by atoms with van der Waals surface area (Å²) in [6.07, 6.45) is 1.64. The molecule has 4 nitrogen and oxygen atoms in total. The number of carbonyl (C=O) groups excluding carboxylic acids is 1. The second-order valence-electron chi connectivity index (χ2n) is 2.49. The van der Waals surface area contributed by atoms with Gasteiger partial charge in [0.2, 0.25) is 0 Å². The first kappa shape index (κ1) is 10.1. The van der Waals surface area contributed by atoms with Gasteiger partial charge in [0.15, 0.2) is 0 Å². The molecule has 0 atom stereocenters. The molecule has 0 amide bonds. The first-order valence-corrected chi connectivity index (χ1v) is 4.00. The van der Waals surface area contributed by atoms with E-state index in [1.54, 1.807) is 18.3 Å². The van der Waals surface area contributed by atoms with Gasteiger partial charge in [0, 0.05) is 6.20 Å². The Morgan fingerprint density at radius 2 is 2.50 bits per heavy atom. The van der Waals surface area contributed by atoms with Gasteiger partial charge in [-0.05, 0) is 12.1 Å². The summed E-state index contributed by atoms with van der Waals surface area (Å²) in [5.41, 5.74) is 6.16. The molecule has 0 bridgehead atoms. The minimum Gasteiger partial charge on any atom is -0.468 e. The van der Waals surface area contributed by atoms with Crippen molar-refractivity contribution in [1.82, 2.24) is 4.98 Å². The molecule has 0 aliphatic rings. The number of ether oxygens (including phenoxy) is 1. The second-order valence-corrected chi connectivity index (χ2v) is 2.49. The lowest BCUT2D eigenvalue weighted by Crippen LogP contribution is -1.97. The van der Waals surface area contributed by atoms with Crippen LogP contribution in [-0.4, -0.2) is 18.1 Å². The van der Waals surface area contributed by atoms with E-state index < -0.39 is 0 Å². The van der Waals surface area contributed by atoms with E-state index in [1.807, 2.05) is 0 Å². The predicted molar refractivity (Wildman–Crippen MR) is 52.2 cm³/mol. The molecule has 1 aromatic heterocycles. The smallest absolute Gasteiger partial charge is 0.317 e. The molecular weight excluding hydrogens is 180 g/mol. The fourth-order valence-electron chi connectivity index (χ4n) is 0.807. The van der Waals surface area contributed by atoms with Crippen molar-refractivity contribution >= 4 is 11.8 Å². The molecule has 1 aromatic rings. The lowest BCUT2D eigenvalue weighted by atomic mass is 10.2. The Bertz CT molecular complexity index is 391. The van der Waals surface area contributed by atoms with E-state index >= 15 is 0 Å². The lowest BCUT2D eigenvalue weighted by molar-refractivity contribution is -0.139. The summed E-state index contributed by atoms with van der Waals surface area (Å²) in [5, 5.41) is 0. The highest BCUT2D eigenvalue weighted by atomic mass is 16.5. The molecule has 2 N–H and O–H groups in total. The highest BCUT2D eigenvalue weighted by Crippen LogP contribution is 2.03. The number of nitrogen functional groups attached to an aromatic ring is 1. The maximum Gasteiger partial charge on any atom is 0.317 e. The zero-order valence-corrected chi connectivity index (χ0v) is 7.78. The number of hydrogen-bond donors (Lipinski definition) is 1. The Morgan fingerprint density at radius 3 is 3.14 bits per heavy atom. The number of hydrogen-bond acceptors (Lipinski definition) is 4. The third-order valence-corrected chi connectivity index (χ3v) is 1.52. The van der Waals surface area contributed by atoms with Gasteiger partial charge in [-0.25, -0.2) is 4.98 Å². The van der Waals surface area contributed by atoms with Gasteiger partial charge in [-0.2, -0.15) is 0 Å². The van der Waals surface area contributed by atoms with Crippen LogP contribution in [0.15, 0.2) is 18.3 Å². The number of anilines is 1. The molecule has 1 heterocycles. The fourth-order valence-corrected chi connectivity index (χ4v) is 0.807. The van der Waals surface area contributed by atoms with Crippen molar-refractivity contribution < 1.29 is 9.53 Å². The van der Waals surface area contributed by atoms with Crippen LogP contribution in [0.4, 0.5) is 5.82 Å². The van der Waals surface area contributed by atoms with Crippen LogP contribution >= 0.6 is 0 Å². The van der Waals surface area contributed by atoms with Crippen molar-refractivity contribution in [1.29, 1.82) is 0 Å². The van der Waals surface area contributed by atoms with Gasteiger partial charge in [0.05, 0.1) is 12.7 Å². The summed E-state index contributed by atoms with van der Waals surface area (Å²) < 4.78 is 4.43. The van der Waals surface area contributed by atoms with Crippen molar-refractivity contribution in [2.24, 2.45) is 0 Å². The summed E-state index contributed by atoms with van der Waals surface area (Å²) in [6, 6.07) is 3.48. The molecule has 0 radical (unpaired) electrons. The zero-order chi connectivity index (χ0) is 10.4. The molecule has 0 saturated carbocycles. The van der Waals surface area contributed by atoms with Gasteiger partial charge in [-0.1, -0.05) is 11.8 Å². The van der Waals surface area contributed by atoms with Crippen molar-refractivity contribution in [3.8, 4) is 11.8 Å². The maximum absolute atomic E-state index is 10.7. The Morgan fingerprint density at radius 1 is 1.71 bits per heavy atom. The molecule has 0 unspecified atom stereocenters. The average Bonchev–Trinajstić information content (AvgIpc) is 2.20. The molecule has 0 fully saturated rings. The SMILES string of the molecule is COC(=O)CC#Cc1cccnc1N. The Kier molecular flexibility index (Phi) is 3.50. The first-order valence-electron chi connectivity index (χ1n) is 4.00. The van der Waals surface area contributed by atoms with Gasteiger partial charge in [-0.3, -0.25) is 4.79 Å². The van der Waals surface area contributed by atoms with Gasteiger partial charge in [0.1, 0.15) is 12.2 Å². The molecular formula is C10H10N2O2. The maximum atomic E-state index is 10.7. The molecule has 14 heavy (non-hydrogen) atoms. The van der Waals surface area contributed by atoms with Crippen LogP contribution in [0, 0.1) is 11.8 Å². The summed E-state index contributed by atoms with van der Waals surface area (Å²) in [7, 11) is 1.32. The molecule has 0 aliphatic heterocycles. The van der Waals surface area contributed by atoms with E-state index in [4.69, 9.17) is 5.73 Å². The van der Waals surface area contributed by atoms with Crippen LogP contribution in [0.2, 0.25) is 0 Å². The normalized spacial score (nSPS) is 8.64. The summed E-state index contributed by atoms with van der Waals surface area (Å²) >= 11 is 0. The van der Waals surface area contributed by atoms with Crippen molar-refractivity contribution in [2.75, 3.05) is 12.8 Å². The Balaban J connectivity index is 2.68. The minimum absolute atomic E-state index is 0.0604.